The molecule has 1 unspecified atom stereocenters. The average Bonchev–Trinajstić information content (AvgIpc) is 2.44. The molecule has 2 radical (unpaired) electrons. The largest absolute Gasteiger partial charge is 0.497 e. The third kappa shape index (κ3) is 4.76. The van der Waals surface area contributed by atoms with E-state index in [-0.39, 0.29) is 6.29 Å². The first-order chi connectivity index (χ1) is 9.28. The molecule has 4 nitrogen and oxygen atoms in total. The third-order valence-electron chi connectivity index (χ3n) is 2.93. The van der Waals surface area contributed by atoms with Gasteiger partial charge in [-0.25, -0.2) is 0 Å². The van der Waals surface area contributed by atoms with Gasteiger partial charge < -0.3 is 18.9 Å². The van der Waals surface area contributed by atoms with Crippen LogP contribution >= 0.6 is 0 Å². The fourth-order valence-electron chi connectivity index (χ4n) is 1.98. The second-order valence-corrected chi connectivity index (χ2v) is 4.46. The molecule has 0 aliphatic carbocycles. The number of rotatable bonds is 6. The van der Waals surface area contributed by atoms with Crippen LogP contribution < -0.4 is 14.9 Å². The first kappa shape index (κ1) is 14.2. The molecule has 1 atom stereocenters. The molecule has 1 fully saturated rings. The Kier molecular flexibility index (Phi) is 5.54. The van der Waals surface area contributed by atoms with E-state index in [0.29, 0.717) is 30.2 Å². The summed E-state index contributed by atoms with van der Waals surface area (Å²) in [4.78, 5) is 0. The standard InChI is InChI=1S/C14H19BO4/c1-16-12-8-11(15)9-13(10-12)17-6-7-19-14-4-2-3-5-18-14/h8-10,14H,2-7H2,1H3. The fraction of sp³-hybridized carbons (Fsp3) is 0.571. The molecule has 1 saturated heterocycles. The van der Waals surface area contributed by atoms with E-state index in [1.807, 2.05) is 0 Å². The highest BCUT2D eigenvalue weighted by atomic mass is 16.7. The zero-order chi connectivity index (χ0) is 13.5. The number of ether oxygens (including phenoxy) is 4. The summed E-state index contributed by atoms with van der Waals surface area (Å²) < 4.78 is 21.8. The zero-order valence-electron chi connectivity index (χ0n) is 11.3. The van der Waals surface area contributed by atoms with Gasteiger partial charge in [0.05, 0.1) is 13.7 Å². The van der Waals surface area contributed by atoms with Gasteiger partial charge in [-0.05, 0) is 31.4 Å². The summed E-state index contributed by atoms with van der Waals surface area (Å²) in [6, 6.07) is 5.31. The molecule has 2 rings (SSSR count). The Morgan fingerprint density at radius 2 is 2.05 bits per heavy atom. The maximum absolute atomic E-state index is 5.74. The number of hydrogen-bond donors (Lipinski definition) is 0. The monoisotopic (exact) mass is 262 g/mol. The zero-order valence-corrected chi connectivity index (χ0v) is 11.3. The van der Waals surface area contributed by atoms with Crippen LogP contribution in [0.15, 0.2) is 18.2 Å². The van der Waals surface area contributed by atoms with Crippen molar-refractivity contribution in [1.29, 1.82) is 0 Å². The fourth-order valence-corrected chi connectivity index (χ4v) is 1.98. The molecular formula is C14H19BO4. The second-order valence-electron chi connectivity index (χ2n) is 4.46. The highest BCUT2D eigenvalue weighted by molar-refractivity contribution is 6.32. The second kappa shape index (κ2) is 7.41. The van der Waals surface area contributed by atoms with Crippen LogP contribution in [0.3, 0.4) is 0 Å². The van der Waals surface area contributed by atoms with Crippen LogP contribution in [0.5, 0.6) is 11.5 Å². The lowest BCUT2D eigenvalue weighted by Crippen LogP contribution is -2.24. The first-order valence-electron chi connectivity index (χ1n) is 6.58. The average molecular weight is 262 g/mol. The Bertz CT molecular complexity index is 391. The Hall–Kier alpha value is -1.20. The van der Waals surface area contributed by atoms with E-state index in [1.54, 1.807) is 25.3 Å². The Labute approximate surface area is 115 Å². The van der Waals surface area contributed by atoms with Crippen molar-refractivity contribution < 1.29 is 18.9 Å². The van der Waals surface area contributed by atoms with E-state index in [4.69, 9.17) is 26.8 Å². The summed E-state index contributed by atoms with van der Waals surface area (Å²) in [6.45, 7) is 1.76. The van der Waals surface area contributed by atoms with Gasteiger partial charge in [0.15, 0.2) is 6.29 Å². The van der Waals surface area contributed by atoms with Crippen LogP contribution in [0.4, 0.5) is 0 Å². The highest BCUT2D eigenvalue weighted by Crippen LogP contribution is 2.17. The van der Waals surface area contributed by atoms with Crippen LogP contribution in [0.1, 0.15) is 19.3 Å². The first-order valence-corrected chi connectivity index (χ1v) is 6.58. The van der Waals surface area contributed by atoms with Crippen LogP contribution in [0, 0.1) is 0 Å². The number of methoxy groups -OCH3 is 1. The minimum absolute atomic E-state index is 0.0762. The maximum atomic E-state index is 5.74. The van der Waals surface area contributed by atoms with Crippen LogP contribution in [-0.4, -0.2) is 41.1 Å². The van der Waals surface area contributed by atoms with E-state index in [0.717, 1.165) is 25.9 Å². The molecule has 1 heterocycles. The topological polar surface area (TPSA) is 36.9 Å². The Morgan fingerprint density at radius 1 is 1.21 bits per heavy atom. The summed E-state index contributed by atoms with van der Waals surface area (Å²) >= 11 is 0. The van der Waals surface area contributed by atoms with E-state index >= 15 is 0 Å². The Balaban J connectivity index is 1.71. The molecule has 0 amide bonds. The highest BCUT2D eigenvalue weighted by Gasteiger charge is 2.13. The van der Waals surface area contributed by atoms with E-state index in [1.165, 1.54) is 0 Å². The molecule has 1 aliphatic heterocycles. The lowest BCUT2D eigenvalue weighted by atomic mass is 9.96. The van der Waals surface area contributed by atoms with Crippen LogP contribution in [0.2, 0.25) is 0 Å². The maximum Gasteiger partial charge on any atom is 0.157 e. The quantitative estimate of drug-likeness (QED) is 0.573. The number of hydrogen-bond acceptors (Lipinski definition) is 4. The summed E-state index contributed by atoms with van der Waals surface area (Å²) in [5, 5.41) is 0. The number of benzene rings is 1. The van der Waals surface area contributed by atoms with Gasteiger partial charge in [0.1, 0.15) is 26.0 Å². The molecule has 1 aromatic rings. The summed E-state index contributed by atoms with van der Waals surface area (Å²) in [5.74, 6) is 1.37. The summed E-state index contributed by atoms with van der Waals surface area (Å²) in [7, 11) is 7.34. The SMILES string of the molecule is [B]c1cc(OC)cc(OCCOC2CCCCO2)c1. The molecule has 5 heteroatoms. The van der Waals surface area contributed by atoms with Crippen molar-refractivity contribution in [2.24, 2.45) is 0 Å². The van der Waals surface area contributed by atoms with E-state index in [2.05, 4.69) is 0 Å². The molecule has 1 aliphatic rings. The molecule has 0 aromatic heterocycles. The van der Waals surface area contributed by atoms with Gasteiger partial charge in [0.2, 0.25) is 0 Å². The predicted octanol–water partition coefficient (Wildman–Crippen LogP) is 1.41. The van der Waals surface area contributed by atoms with Crippen LogP contribution in [-0.2, 0) is 9.47 Å². The molecule has 0 saturated carbocycles. The van der Waals surface area contributed by atoms with Crippen molar-refractivity contribution >= 4 is 13.3 Å². The van der Waals surface area contributed by atoms with E-state index in [9.17, 15) is 0 Å². The minimum Gasteiger partial charge on any atom is -0.497 e. The lowest BCUT2D eigenvalue weighted by molar-refractivity contribution is -0.165. The normalized spacial score (nSPS) is 19.1. The van der Waals surface area contributed by atoms with Crippen molar-refractivity contribution in [1.82, 2.24) is 0 Å². The Morgan fingerprint density at radius 3 is 2.79 bits per heavy atom. The molecule has 0 spiro atoms. The molecule has 1 aromatic carbocycles. The van der Waals surface area contributed by atoms with Gasteiger partial charge in [-0.2, -0.15) is 0 Å². The third-order valence-corrected chi connectivity index (χ3v) is 2.93. The summed E-state index contributed by atoms with van der Waals surface area (Å²) in [5.41, 5.74) is 0.617. The summed E-state index contributed by atoms with van der Waals surface area (Å²) in [6.07, 6.45) is 3.18. The van der Waals surface area contributed by atoms with Gasteiger partial charge in [-0.1, -0.05) is 5.46 Å². The van der Waals surface area contributed by atoms with Crippen molar-refractivity contribution in [3.05, 3.63) is 18.2 Å². The smallest absolute Gasteiger partial charge is 0.157 e. The van der Waals surface area contributed by atoms with Crippen molar-refractivity contribution in [3.8, 4) is 11.5 Å². The predicted molar refractivity (Wildman–Crippen MR) is 73.4 cm³/mol. The van der Waals surface area contributed by atoms with Gasteiger partial charge >= 0.3 is 0 Å². The molecular weight excluding hydrogens is 243 g/mol. The van der Waals surface area contributed by atoms with Gasteiger partial charge in [0, 0.05) is 12.7 Å². The van der Waals surface area contributed by atoms with Crippen LogP contribution in [0.25, 0.3) is 0 Å². The van der Waals surface area contributed by atoms with Gasteiger partial charge in [-0.15, -0.1) is 0 Å². The van der Waals surface area contributed by atoms with Crippen molar-refractivity contribution in [3.63, 3.8) is 0 Å². The molecule has 102 valence electrons. The van der Waals surface area contributed by atoms with Crippen molar-refractivity contribution in [2.75, 3.05) is 26.9 Å². The molecule has 19 heavy (non-hydrogen) atoms. The van der Waals surface area contributed by atoms with Crippen molar-refractivity contribution in [2.45, 2.75) is 25.6 Å². The minimum atomic E-state index is -0.0762. The molecule has 0 bridgehead atoms. The molecule has 0 N–H and O–H groups in total. The lowest BCUT2D eigenvalue weighted by Gasteiger charge is -2.22. The van der Waals surface area contributed by atoms with Gasteiger partial charge in [0.25, 0.3) is 0 Å². The van der Waals surface area contributed by atoms with E-state index < -0.39 is 0 Å². The van der Waals surface area contributed by atoms with Gasteiger partial charge in [-0.3, -0.25) is 0 Å².